The van der Waals surface area contributed by atoms with Crippen LogP contribution in [0.25, 0.3) is 0 Å². The van der Waals surface area contributed by atoms with Crippen LogP contribution in [0.5, 0.6) is 5.75 Å². The van der Waals surface area contributed by atoms with Gasteiger partial charge in [0.15, 0.2) is 0 Å². The van der Waals surface area contributed by atoms with Gasteiger partial charge in [-0.1, -0.05) is 179 Å². The van der Waals surface area contributed by atoms with Crippen molar-refractivity contribution in [1.82, 2.24) is 24.9 Å². The zero-order chi connectivity index (χ0) is 81.5. The van der Waals surface area contributed by atoms with Gasteiger partial charge >= 0.3 is 0 Å². The number of halogens is 3. The standard InChI is InChI=1S/C19H22N2OS.2C18H17N3OS.C17H16Cl2N2OS.C17H17ClN2O2S/c1-13-9-10-20-19(15(13)3)23-12-17(22)21-11-5-8-16-7-4-6-14(2)18(16)21;1-13-5-2-6-14-8-4-10-21(17(13)14)16(22)12-23-18-15(11-19)7-3-9-20-18;1-13-4-2-5-15-6-3-9-21(18(13)15)17(22)12-23-16-10-14(11-19)7-8-20-16;1-11-4-2-5-12-6-3-7-21(16(11)12)15(22)10-23-17-14(19)8-13(18)9-20-17;1-22-14-8-2-5-12-6-4-10-20(16(12)14)15(21)11-23-17-13(18)7-3-9-19-17/h4,6-7,9-10H,5,8,11-12H2,1-3H3;2-3,5-7,9H,4,8,10,12H2,1H3;2,4-5,7-8,10H,3,6,9,12H2,1H3;2,4-5,8-9H,3,6-7,10H2,1H3;2-3,5,7-9H,4,6,10-11H2,1H3. The third kappa shape index (κ3) is 22.6. The molecule has 115 heavy (non-hydrogen) atoms. The monoisotopic (exact) mass is 1690 g/mol. The Morgan fingerprint density at radius 1 is 0.391 bits per heavy atom. The van der Waals surface area contributed by atoms with Crippen LogP contribution in [0.15, 0.2) is 196 Å². The van der Waals surface area contributed by atoms with Crippen molar-refractivity contribution in [2.45, 2.75) is 131 Å². The number of methoxy groups -OCH3 is 1. The number of para-hydroxylation sites is 5. The second-order valence-corrected chi connectivity index (χ2v) is 33.8. The van der Waals surface area contributed by atoms with Crippen molar-refractivity contribution in [2.24, 2.45) is 0 Å². The molecular weight excluding hydrogens is 1600 g/mol. The highest BCUT2D eigenvalue weighted by molar-refractivity contribution is 8.01. The summed E-state index contributed by atoms with van der Waals surface area (Å²) >= 11 is 25.0. The number of nitrogens with zero attached hydrogens (tertiary/aromatic N) is 12. The van der Waals surface area contributed by atoms with Crippen LogP contribution in [0.2, 0.25) is 15.1 Å². The summed E-state index contributed by atoms with van der Waals surface area (Å²) in [6, 6.07) is 49.1. The lowest BCUT2D eigenvalue weighted by molar-refractivity contribution is -0.117. The minimum absolute atomic E-state index is 0.0437. The van der Waals surface area contributed by atoms with E-state index < -0.39 is 0 Å². The van der Waals surface area contributed by atoms with E-state index in [2.05, 4.69) is 126 Å². The molecule has 0 atom stereocenters. The quantitative estimate of drug-likeness (QED) is 0.0820. The highest BCUT2D eigenvalue weighted by Gasteiger charge is 2.31. The molecule has 0 bridgehead atoms. The second-order valence-electron chi connectivity index (χ2n) is 27.7. The number of hydrogen-bond acceptors (Lipinski definition) is 18. The molecule has 0 aliphatic carbocycles. The SMILES string of the molecule is COc1cccc2c1N(C(=O)CSc1ncccc1Cl)CCC2.Cc1cccc2c1N(C(=O)CSc1cc(C#N)ccn1)CCC2.Cc1cccc2c1N(C(=O)CSc1ncc(Cl)cc1Cl)CCC2.Cc1cccc2c1N(C(=O)CSc1ncccc1C#N)CCC2.Cc1ccnc(SCC(=O)N2CCCc3cccc(C)c32)c1C. The molecule has 5 aromatic heterocycles. The number of aromatic nitrogens is 5. The number of rotatable bonds is 16. The number of nitriles is 2. The van der Waals surface area contributed by atoms with Gasteiger partial charge in [0.25, 0.3) is 0 Å². The minimum atomic E-state index is 0.0437. The van der Waals surface area contributed by atoms with Crippen LogP contribution in [0.1, 0.15) is 104 Å². The number of hydrogen-bond donors (Lipinski definition) is 0. The van der Waals surface area contributed by atoms with E-state index in [1.807, 2.05) is 80.1 Å². The van der Waals surface area contributed by atoms with E-state index >= 15 is 0 Å². The molecule has 592 valence electrons. The molecule has 5 aromatic carbocycles. The predicted octanol–water partition coefficient (Wildman–Crippen LogP) is 19.3. The Hall–Kier alpha value is -9.40. The summed E-state index contributed by atoms with van der Waals surface area (Å²) in [5.74, 6) is 2.87. The van der Waals surface area contributed by atoms with E-state index in [-0.39, 0.29) is 29.5 Å². The summed E-state index contributed by atoms with van der Waals surface area (Å²) < 4.78 is 5.44. The summed E-state index contributed by atoms with van der Waals surface area (Å²) in [4.78, 5) is 94.1. The molecule has 5 aliphatic heterocycles. The average Bonchev–Trinajstić information content (AvgIpc) is 0.816. The number of fused-ring (bicyclic) bond motifs is 5. The number of aryl methyl sites for hydroxylation is 10. The molecule has 0 unspecified atom stereocenters. The van der Waals surface area contributed by atoms with Gasteiger partial charge in [0.1, 0.15) is 26.9 Å². The van der Waals surface area contributed by atoms with Crippen molar-refractivity contribution in [3.63, 3.8) is 0 Å². The Labute approximate surface area is 709 Å². The van der Waals surface area contributed by atoms with Gasteiger partial charge in [-0.25, -0.2) is 24.9 Å². The summed E-state index contributed by atoms with van der Waals surface area (Å²) in [5.41, 5.74) is 19.5. The predicted molar refractivity (Wildman–Crippen MR) is 470 cm³/mol. The number of amides is 5. The first kappa shape index (κ1) is 86.5. The lowest BCUT2D eigenvalue weighted by Gasteiger charge is -2.31. The van der Waals surface area contributed by atoms with Gasteiger partial charge in [-0.15, -0.1) is 0 Å². The van der Waals surface area contributed by atoms with Gasteiger partial charge in [0, 0.05) is 86.5 Å². The van der Waals surface area contributed by atoms with Crippen molar-refractivity contribution in [1.29, 1.82) is 10.5 Å². The van der Waals surface area contributed by atoms with E-state index in [1.165, 1.54) is 86.0 Å². The van der Waals surface area contributed by atoms with E-state index in [0.717, 1.165) is 152 Å². The van der Waals surface area contributed by atoms with Gasteiger partial charge in [0.2, 0.25) is 29.5 Å². The fourth-order valence-electron chi connectivity index (χ4n) is 14.3. The van der Waals surface area contributed by atoms with Gasteiger partial charge < -0.3 is 29.2 Å². The number of ether oxygens (including phenoxy) is 1. The fraction of sp³-hybridized carbons (Fsp3) is 0.303. The molecule has 0 spiro atoms. The number of carbonyl (C=O) groups excluding carboxylic acids is 5. The molecule has 10 heterocycles. The highest BCUT2D eigenvalue weighted by atomic mass is 35.5. The number of anilines is 5. The van der Waals surface area contributed by atoms with Crippen LogP contribution in [0.4, 0.5) is 28.4 Å². The molecule has 15 rings (SSSR count). The zero-order valence-electron chi connectivity index (χ0n) is 65.3. The molecule has 10 aromatic rings. The first-order valence-corrected chi connectivity index (χ1v) is 44.0. The minimum Gasteiger partial charge on any atom is -0.495 e. The topological polar surface area (TPSA) is 223 Å². The average molecular weight is 1690 g/mol. The van der Waals surface area contributed by atoms with Gasteiger partial charge in [0.05, 0.1) is 83.9 Å². The Morgan fingerprint density at radius 3 is 1.21 bits per heavy atom. The van der Waals surface area contributed by atoms with E-state index in [9.17, 15) is 24.0 Å². The fourth-order valence-corrected chi connectivity index (χ4v) is 19.2. The third-order valence-corrected chi connectivity index (χ3v) is 25.9. The maximum atomic E-state index is 12.8. The maximum Gasteiger partial charge on any atom is 0.237 e. The molecule has 0 saturated heterocycles. The molecule has 0 fully saturated rings. The molecule has 0 radical (unpaired) electrons. The number of benzene rings is 5. The Balaban J connectivity index is 0.000000142. The smallest absolute Gasteiger partial charge is 0.237 e. The Kier molecular flexibility index (Phi) is 31.9. The van der Waals surface area contributed by atoms with E-state index in [1.54, 1.807) is 86.1 Å². The highest BCUT2D eigenvalue weighted by Crippen LogP contribution is 2.40. The number of carbonyl (C=O) groups is 5. The third-order valence-electron chi connectivity index (χ3n) is 19.9. The molecular formula is C89H89Cl3N12O6S5. The molecule has 26 heteroatoms. The molecule has 0 saturated carbocycles. The summed E-state index contributed by atoms with van der Waals surface area (Å²) in [6.45, 7) is 16.2. The lowest BCUT2D eigenvalue weighted by atomic mass is 9.98. The molecule has 18 nitrogen and oxygen atoms in total. The Morgan fingerprint density at radius 2 is 0.774 bits per heavy atom. The van der Waals surface area contributed by atoms with Gasteiger partial charge in [-0.05, 0) is 222 Å². The number of thioether (sulfide) groups is 5. The first-order valence-electron chi connectivity index (χ1n) is 37.9. The maximum absolute atomic E-state index is 12.8. The van der Waals surface area contributed by atoms with Crippen molar-refractivity contribution in [3.8, 4) is 17.9 Å². The molecule has 5 amide bonds. The second kappa shape index (κ2) is 42.5. The summed E-state index contributed by atoms with van der Waals surface area (Å²) in [6.07, 6.45) is 18.4. The molecule has 0 N–H and O–H groups in total. The van der Waals surface area contributed by atoms with Crippen LogP contribution in [-0.2, 0) is 56.1 Å². The molecule has 5 aliphatic rings. The van der Waals surface area contributed by atoms with Crippen molar-refractivity contribution in [3.05, 3.63) is 258 Å². The van der Waals surface area contributed by atoms with Crippen LogP contribution < -0.4 is 29.2 Å². The van der Waals surface area contributed by atoms with E-state index in [4.69, 9.17) is 50.1 Å². The van der Waals surface area contributed by atoms with Gasteiger partial charge in [-0.3, -0.25) is 24.0 Å². The van der Waals surface area contributed by atoms with Crippen LogP contribution >= 0.6 is 93.6 Å². The zero-order valence-corrected chi connectivity index (χ0v) is 71.6. The van der Waals surface area contributed by atoms with E-state index in [0.29, 0.717) is 81.6 Å². The summed E-state index contributed by atoms with van der Waals surface area (Å²) in [7, 11) is 1.63. The normalized spacial score (nSPS) is 13.5. The number of pyridine rings is 5. The first-order chi connectivity index (χ1) is 55.7. The summed E-state index contributed by atoms with van der Waals surface area (Å²) in [5, 5.41) is 23.2. The van der Waals surface area contributed by atoms with Crippen LogP contribution in [-0.4, -0.2) is 123 Å². The van der Waals surface area contributed by atoms with Crippen molar-refractivity contribution < 1.29 is 28.7 Å². The van der Waals surface area contributed by atoms with Gasteiger partial charge in [-0.2, -0.15) is 10.5 Å². The lowest BCUT2D eigenvalue weighted by Crippen LogP contribution is -2.37. The van der Waals surface area contributed by atoms with Crippen molar-refractivity contribution >= 4 is 152 Å². The van der Waals surface area contributed by atoms with Crippen molar-refractivity contribution in [2.75, 3.05) is 93.1 Å². The van der Waals surface area contributed by atoms with Crippen LogP contribution in [0.3, 0.4) is 0 Å². The largest absolute Gasteiger partial charge is 0.495 e. The van der Waals surface area contributed by atoms with Crippen LogP contribution in [0, 0.1) is 64.2 Å². The Bertz CT molecular complexity index is 5260.